The SMILES string of the molecule is Cc1cnc(CNc2ccnc(C(N)=S)c2)cn1. The Labute approximate surface area is 110 Å². The molecule has 6 heteroatoms. The van der Waals surface area contributed by atoms with Gasteiger partial charge in [0.25, 0.3) is 0 Å². The van der Waals surface area contributed by atoms with Crippen molar-refractivity contribution >= 4 is 22.9 Å². The fourth-order valence-electron chi connectivity index (χ4n) is 1.38. The summed E-state index contributed by atoms with van der Waals surface area (Å²) in [5.74, 6) is 0. The monoisotopic (exact) mass is 259 g/mol. The standard InChI is InChI=1S/C12H13N5S/c1-8-5-16-10(6-15-8)7-17-9-2-3-14-11(4-9)12(13)18/h2-6H,7H2,1H3,(H2,13,18)(H,14,17). The van der Waals surface area contributed by atoms with E-state index in [1.807, 2.05) is 19.1 Å². The second-order valence-corrected chi connectivity index (χ2v) is 4.24. The van der Waals surface area contributed by atoms with Crippen LogP contribution >= 0.6 is 12.2 Å². The van der Waals surface area contributed by atoms with E-state index in [0.29, 0.717) is 12.2 Å². The quantitative estimate of drug-likeness (QED) is 0.809. The van der Waals surface area contributed by atoms with E-state index in [9.17, 15) is 0 Å². The van der Waals surface area contributed by atoms with Crippen LogP contribution in [-0.2, 0) is 6.54 Å². The van der Waals surface area contributed by atoms with Gasteiger partial charge in [-0.15, -0.1) is 0 Å². The van der Waals surface area contributed by atoms with E-state index in [-0.39, 0.29) is 4.99 Å². The van der Waals surface area contributed by atoms with Crippen LogP contribution < -0.4 is 11.1 Å². The van der Waals surface area contributed by atoms with Crippen molar-refractivity contribution in [1.82, 2.24) is 15.0 Å². The molecular weight excluding hydrogens is 246 g/mol. The lowest BCUT2D eigenvalue weighted by Crippen LogP contribution is -2.12. The Morgan fingerprint density at radius 2 is 2.17 bits per heavy atom. The fourth-order valence-corrected chi connectivity index (χ4v) is 1.49. The number of nitrogens with two attached hydrogens (primary N) is 1. The minimum atomic E-state index is 0.286. The van der Waals surface area contributed by atoms with Gasteiger partial charge in [-0.2, -0.15) is 0 Å². The van der Waals surface area contributed by atoms with E-state index in [4.69, 9.17) is 18.0 Å². The minimum Gasteiger partial charge on any atom is -0.388 e. The summed E-state index contributed by atoms with van der Waals surface area (Å²) in [6.45, 7) is 2.50. The molecule has 0 unspecified atom stereocenters. The van der Waals surface area contributed by atoms with Crippen molar-refractivity contribution in [3.63, 3.8) is 0 Å². The van der Waals surface area contributed by atoms with Crippen molar-refractivity contribution in [1.29, 1.82) is 0 Å². The molecule has 18 heavy (non-hydrogen) atoms. The zero-order chi connectivity index (χ0) is 13.0. The van der Waals surface area contributed by atoms with Gasteiger partial charge < -0.3 is 11.1 Å². The molecule has 2 heterocycles. The first kappa shape index (κ1) is 12.4. The Balaban J connectivity index is 2.04. The molecule has 0 aliphatic carbocycles. The highest BCUT2D eigenvalue weighted by Gasteiger charge is 2.00. The average Bonchev–Trinajstić information content (AvgIpc) is 2.38. The van der Waals surface area contributed by atoms with Crippen molar-refractivity contribution in [2.75, 3.05) is 5.32 Å². The van der Waals surface area contributed by atoms with Gasteiger partial charge in [-0.05, 0) is 19.1 Å². The van der Waals surface area contributed by atoms with E-state index in [1.54, 1.807) is 18.6 Å². The molecule has 92 valence electrons. The van der Waals surface area contributed by atoms with E-state index in [0.717, 1.165) is 17.1 Å². The lowest BCUT2D eigenvalue weighted by atomic mass is 10.3. The Hall–Kier alpha value is -2.08. The number of nitrogens with zero attached hydrogens (tertiary/aromatic N) is 3. The van der Waals surface area contributed by atoms with Crippen LogP contribution in [0.4, 0.5) is 5.69 Å². The third kappa shape index (κ3) is 3.21. The summed E-state index contributed by atoms with van der Waals surface area (Å²) in [6.07, 6.45) is 5.15. The van der Waals surface area contributed by atoms with Crippen molar-refractivity contribution < 1.29 is 0 Å². The fraction of sp³-hybridized carbons (Fsp3) is 0.167. The highest BCUT2D eigenvalue weighted by molar-refractivity contribution is 7.80. The van der Waals surface area contributed by atoms with Gasteiger partial charge >= 0.3 is 0 Å². The van der Waals surface area contributed by atoms with Crippen LogP contribution in [0.1, 0.15) is 17.1 Å². The van der Waals surface area contributed by atoms with Crippen LogP contribution in [0.15, 0.2) is 30.7 Å². The van der Waals surface area contributed by atoms with Crippen LogP contribution in [0.5, 0.6) is 0 Å². The van der Waals surface area contributed by atoms with Crippen LogP contribution in [0.3, 0.4) is 0 Å². The average molecular weight is 259 g/mol. The molecule has 2 aromatic heterocycles. The highest BCUT2D eigenvalue weighted by Crippen LogP contribution is 2.09. The van der Waals surface area contributed by atoms with Gasteiger partial charge in [-0.25, -0.2) is 0 Å². The van der Waals surface area contributed by atoms with Gasteiger partial charge in [0.05, 0.1) is 29.8 Å². The molecule has 3 N–H and O–H groups in total. The molecule has 0 aromatic carbocycles. The Morgan fingerprint density at radius 3 is 2.83 bits per heavy atom. The highest BCUT2D eigenvalue weighted by atomic mass is 32.1. The van der Waals surface area contributed by atoms with Crippen molar-refractivity contribution in [2.24, 2.45) is 5.73 Å². The van der Waals surface area contributed by atoms with Crippen LogP contribution in [0, 0.1) is 6.92 Å². The molecule has 0 aliphatic heterocycles. The molecule has 2 rings (SSSR count). The number of aryl methyl sites for hydroxylation is 1. The number of aromatic nitrogens is 3. The second kappa shape index (κ2) is 5.50. The number of hydrogen-bond acceptors (Lipinski definition) is 5. The minimum absolute atomic E-state index is 0.286. The zero-order valence-corrected chi connectivity index (χ0v) is 10.7. The van der Waals surface area contributed by atoms with E-state index in [2.05, 4.69) is 20.3 Å². The predicted molar refractivity (Wildman–Crippen MR) is 74.2 cm³/mol. The van der Waals surface area contributed by atoms with E-state index >= 15 is 0 Å². The molecule has 0 fully saturated rings. The smallest absolute Gasteiger partial charge is 0.122 e. The van der Waals surface area contributed by atoms with Crippen molar-refractivity contribution in [3.8, 4) is 0 Å². The van der Waals surface area contributed by atoms with Gasteiger partial charge in [-0.1, -0.05) is 12.2 Å². The van der Waals surface area contributed by atoms with Crippen molar-refractivity contribution in [3.05, 3.63) is 47.8 Å². The molecule has 5 nitrogen and oxygen atoms in total. The summed E-state index contributed by atoms with van der Waals surface area (Å²) in [5.41, 5.74) is 8.80. The molecule has 0 aliphatic rings. The molecule has 0 saturated heterocycles. The number of anilines is 1. The summed E-state index contributed by atoms with van der Waals surface area (Å²) in [6, 6.07) is 3.66. The lowest BCUT2D eigenvalue weighted by Gasteiger charge is -2.06. The molecule has 0 spiro atoms. The maximum atomic E-state index is 5.53. The third-order valence-electron chi connectivity index (χ3n) is 2.32. The Bertz CT molecular complexity index is 553. The van der Waals surface area contributed by atoms with Crippen LogP contribution in [0.25, 0.3) is 0 Å². The molecule has 0 radical (unpaired) electrons. The molecule has 0 saturated carbocycles. The van der Waals surface area contributed by atoms with Crippen molar-refractivity contribution in [2.45, 2.75) is 13.5 Å². The first-order chi connectivity index (χ1) is 8.65. The largest absolute Gasteiger partial charge is 0.388 e. The Morgan fingerprint density at radius 1 is 1.33 bits per heavy atom. The first-order valence-electron chi connectivity index (χ1n) is 5.42. The lowest BCUT2D eigenvalue weighted by molar-refractivity contribution is 0.983. The van der Waals surface area contributed by atoms with E-state index < -0.39 is 0 Å². The molecule has 2 aromatic rings. The summed E-state index contributed by atoms with van der Waals surface area (Å²) in [4.78, 5) is 12.8. The van der Waals surface area contributed by atoms with Crippen LogP contribution in [0.2, 0.25) is 0 Å². The topological polar surface area (TPSA) is 76.7 Å². The first-order valence-corrected chi connectivity index (χ1v) is 5.83. The van der Waals surface area contributed by atoms with Crippen LogP contribution in [-0.4, -0.2) is 19.9 Å². The normalized spacial score (nSPS) is 10.1. The van der Waals surface area contributed by atoms with E-state index in [1.165, 1.54) is 0 Å². The molecular formula is C12H13N5S. The third-order valence-corrected chi connectivity index (χ3v) is 2.53. The van der Waals surface area contributed by atoms with Gasteiger partial charge in [-0.3, -0.25) is 15.0 Å². The summed E-state index contributed by atoms with van der Waals surface area (Å²) in [7, 11) is 0. The number of hydrogen-bond donors (Lipinski definition) is 2. The van der Waals surface area contributed by atoms with Gasteiger partial charge in [0.1, 0.15) is 4.99 Å². The van der Waals surface area contributed by atoms with Gasteiger partial charge in [0.15, 0.2) is 0 Å². The second-order valence-electron chi connectivity index (χ2n) is 3.80. The summed E-state index contributed by atoms with van der Waals surface area (Å²) < 4.78 is 0. The summed E-state index contributed by atoms with van der Waals surface area (Å²) in [5, 5.41) is 3.22. The molecule has 0 bridgehead atoms. The molecule has 0 amide bonds. The van der Waals surface area contributed by atoms with Gasteiger partial charge in [0.2, 0.25) is 0 Å². The summed E-state index contributed by atoms with van der Waals surface area (Å²) >= 11 is 4.88. The number of pyridine rings is 1. The molecule has 0 atom stereocenters. The number of rotatable bonds is 4. The number of thiocarbonyl (C=S) groups is 1. The van der Waals surface area contributed by atoms with Gasteiger partial charge in [0, 0.05) is 18.1 Å². The number of nitrogens with one attached hydrogen (secondary N) is 1. The Kier molecular flexibility index (Phi) is 3.78. The maximum Gasteiger partial charge on any atom is 0.122 e. The predicted octanol–water partition coefficient (Wildman–Crippen LogP) is 1.43. The maximum absolute atomic E-state index is 5.53. The zero-order valence-electron chi connectivity index (χ0n) is 9.92.